The normalized spacial score (nSPS) is 18.8. The first-order chi connectivity index (χ1) is 11.3. The molecule has 1 aliphatic rings. The fourth-order valence-electron chi connectivity index (χ4n) is 2.82. The van der Waals surface area contributed by atoms with Crippen molar-refractivity contribution in [2.45, 2.75) is 38.8 Å². The zero-order valence-electron chi connectivity index (χ0n) is 13.7. The van der Waals surface area contributed by atoms with Crippen molar-refractivity contribution in [2.75, 3.05) is 6.54 Å². The fraction of sp³-hybridized carbons (Fsp3) is 0.471. The second-order valence-electron chi connectivity index (χ2n) is 6.25. The van der Waals surface area contributed by atoms with Gasteiger partial charge in [0.2, 0.25) is 11.8 Å². The molecule has 130 valence electrons. The van der Waals surface area contributed by atoms with Crippen LogP contribution in [0.1, 0.15) is 38.3 Å². The summed E-state index contributed by atoms with van der Waals surface area (Å²) < 4.78 is 13.0. The van der Waals surface area contributed by atoms with Gasteiger partial charge < -0.3 is 15.3 Å². The number of aliphatic carboxylic acids is 1. The van der Waals surface area contributed by atoms with E-state index in [1.54, 1.807) is 4.90 Å². The van der Waals surface area contributed by atoms with Crippen molar-refractivity contribution in [2.24, 2.45) is 5.92 Å². The maximum Gasteiger partial charge on any atom is 0.305 e. The highest BCUT2D eigenvalue weighted by molar-refractivity contribution is 5.89. The quantitative estimate of drug-likeness (QED) is 0.828. The van der Waals surface area contributed by atoms with Gasteiger partial charge in [0.05, 0.1) is 18.4 Å². The number of carboxylic acid groups (broad SMARTS) is 1. The van der Waals surface area contributed by atoms with Crippen LogP contribution in [0.5, 0.6) is 0 Å². The maximum absolute atomic E-state index is 13.0. The number of carbonyl (C=O) groups is 3. The van der Waals surface area contributed by atoms with Crippen LogP contribution in [0.25, 0.3) is 0 Å². The fourth-order valence-corrected chi connectivity index (χ4v) is 2.82. The van der Waals surface area contributed by atoms with E-state index < -0.39 is 23.7 Å². The van der Waals surface area contributed by atoms with E-state index in [2.05, 4.69) is 5.32 Å². The van der Waals surface area contributed by atoms with Crippen LogP contribution >= 0.6 is 0 Å². The maximum atomic E-state index is 13.0. The summed E-state index contributed by atoms with van der Waals surface area (Å²) in [5.41, 5.74) is 0.511. The summed E-state index contributed by atoms with van der Waals surface area (Å²) in [6.07, 6.45) is -0.195. The van der Waals surface area contributed by atoms with Gasteiger partial charge in [0, 0.05) is 19.0 Å². The first-order valence-corrected chi connectivity index (χ1v) is 7.85. The van der Waals surface area contributed by atoms with Gasteiger partial charge in [-0.3, -0.25) is 14.4 Å². The van der Waals surface area contributed by atoms with Gasteiger partial charge in [-0.25, -0.2) is 4.39 Å². The molecule has 6 nitrogen and oxygen atoms in total. The number of carboxylic acids is 1. The van der Waals surface area contributed by atoms with Gasteiger partial charge in [0.15, 0.2) is 0 Å². The molecule has 0 aromatic heterocycles. The standard InChI is InChI=1S/C17H21FN2O4/c1-10(2)20-9-12(7-15(20)21)17(24)19-14(8-16(22)23)11-3-5-13(18)6-4-11/h3-6,10,12,14H,7-9H2,1-2H3,(H,19,24)(H,22,23). The van der Waals surface area contributed by atoms with E-state index in [0.717, 1.165) is 0 Å². The third-order valence-electron chi connectivity index (χ3n) is 4.12. The van der Waals surface area contributed by atoms with Crippen molar-refractivity contribution >= 4 is 17.8 Å². The molecule has 2 N–H and O–H groups in total. The van der Waals surface area contributed by atoms with Gasteiger partial charge in [0.1, 0.15) is 5.82 Å². The smallest absolute Gasteiger partial charge is 0.305 e. The van der Waals surface area contributed by atoms with Gasteiger partial charge in [-0.2, -0.15) is 0 Å². The minimum absolute atomic E-state index is 0.0159. The lowest BCUT2D eigenvalue weighted by Crippen LogP contribution is -2.37. The summed E-state index contributed by atoms with van der Waals surface area (Å²) in [7, 11) is 0. The van der Waals surface area contributed by atoms with Crippen LogP contribution in [0.15, 0.2) is 24.3 Å². The Morgan fingerprint density at radius 1 is 1.33 bits per heavy atom. The van der Waals surface area contributed by atoms with Crippen LogP contribution < -0.4 is 5.32 Å². The molecule has 7 heteroatoms. The Bertz CT molecular complexity index is 630. The summed E-state index contributed by atoms with van der Waals surface area (Å²) in [6, 6.07) is 4.58. The van der Waals surface area contributed by atoms with Crippen molar-refractivity contribution in [3.63, 3.8) is 0 Å². The largest absolute Gasteiger partial charge is 0.481 e. The molecule has 2 unspecified atom stereocenters. The number of hydrogen-bond acceptors (Lipinski definition) is 3. The van der Waals surface area contributed by atoms with E-state index in [9.17, 15) is 18.8 Å². The number of benzene rings is 1. The molecule has 1 heterocycles. The third-order valence-corrected chi connectivity index (χ3v) is 4.12. The Labute approximate surface area is 139 Å². The molecular weight excluding hydrogens is 315 g/mol. The van der Waals surface area contributed by atoms with Crippen LogP contribution in [-0.4, -0.2) is 40.4 Å². The predicted octanol–water partition coefficient (Wildman–Crippen LogP) is 1.71. The molecule has 0 radical (unpaired) electrons. The van der Waals surface area contributed by atoms with Gasteiger partial charge in [-0.1, -0.05) is 12.1 Å². The van der Waals surface area contributed by atoms with E-state index in [4.69, 9.17) is 5.11 Å². The number of nitrogens with zero attached hydrogens (tertiary/aromatic N) is 1. The topological polar surface area (TPSA) is 86.7 Å². The molecule has 0 aliphatic carbocycles. The molecule has 24 heavy (non-hydrogen) atoms. The van der Waals surface area contributed by atoms with E-state index in [1.165, 1.54) is 24.3 Å². The number of carbonyl (C=O) groups excluding carboxylic acids is 2. The average molecular weight is 336 g/mol. The van der Waals surface area contributed by atoms with Crippen LogP contribution in [0, 0.1) is 11.7 Å². The molecule has 1 aliphatic heterocycles. The summed E-state index contributed by atoms with van der Waals surface area (Å²) in [4.78, 5) is 37.0. The molecule has 1 aromatic rings. The summed E-state index contributed by atoms with van der Waals surface area (Å²) in [5, 5.41) is 11.7. The van der Waals surface area contributed by atoms with E-state index in [0.29, 0.717) is 12.1 Å². The molecule has 0 saturated carbocycles. The lowest BCUT2D eigenvalue weighted by molar-refractivity contribution is -0.138. The van der Waals surface area contributed by atoms with Crippen LogP contribution in [0.2, 0.25) is 0 Å². The number of amides is 2. The summed E-state index contributed by atoms with van der Waals surface area (Å²) in [5.74, 6) is -2.45. The van der Waals surface area contributed by atoms with Crippen LogP contribution in [0.4, 0.5) is 4.39 Å². The predicted molar refractivity (Wildman–Crippen MR) is 84.5 cm³/mol. The van der Waals surface area contributed by atoms with Gasteiger partial charge in [-0.15, -0.1) is 0 Å². The molecular formula is C17H21FN2O4. The molecule has 0 bridgehead atoms. The van der Waals surface area contributed by atoms with Gasteiger partial charge >= 0.3 is 5.97 Å². The third kappa shape index (κ3) is 4.31. The molecule has 2 rings (SSSR count). The Kier molecular flexibility index (Phi) is 5.54. The molecule has 0 spiro atoms. The molecule has 1 saturated heterocycles. The minimum atomic E-state index is -1.07. The molecule has 2 amide bonds. The lowest BCUT2D eigenvalue weighted by atomic mass is 10.0. The highest BCUT2D eigenvalue weighted by Gasteiger charge is 2.36. The van der Waals surface area contributed by atoms with Crippen LogP contribution in [-0.2, 0) is 14.4 Å². The second-order valence-corrected chi connectivity index (χ2v) is 6.25. The zero-order chi connectivity index (χ0) is 17.9. The van der Waals surface area contributed by atoms with Crippen molar-refractivity contribution in [1.82, 2.24) is 10.2 Å². The van der Waals surface area contributed by atoms with Crippen molar-refractivity contribution in [3.05, 3.63) is 35.6 Å². The average Bonchev–Trinajstić information content (AvgIpc) is 2.89. The van der Waals surface area contributed by atoms with Crippen molar-refractivity contribution in [1.29, 1.82) is 0 Å². The van der Waals surface area contributed by atoms with E-state index in [1.807, 2.05) is 13.8 Å². The molecule has 1 fully saturated rings. The highest BCUT2D eigenvalue weighted by atomic mass is 19.1. The Morgan fingerprint density at radius 2 is 1.96 bits per heavy atom. The van der Waals surface area contributed by atoms with E-state index >= 15 is 0 Å². The first-order valence-electron chi connectivity index (χ1n) is 7.85. The number of nitrogens with one attached hydrogen (secondary N) is 1. The second kappa shape index (κ2) is 7.42. The number of halogens is 1. The zero-order valence-corrected chi connectivity index (χ0v) is 13.7. The number of rotatable bonds is 6. The minimum Gasteiger partial charge on any atom is -0.481 e. The number of likely N-dealkylation sites (tertiary alicyclic amines) is 1. The van der Waals surface area contributed by atoms with Gasteiger partial charge in [-0.05, 0) is 31.5 Å². The number of hydrogen-bond donors (Lipinski definition) is 2. The highest BCUT2D eigenvalue weighted by Crippen LogP contribution is 2.23. The van der Waals surface area contributed by atoms with Gasteiger partial charge in [0.25, 0.3) is 0 Å². The lowest BCUT2D eigenvalue weighted by Gasteiger charge is -2.22. The Morgan fingerprint density at radius 3 is 2.46 bits per heavy atom. The first kappa shape index (κ1) is 17.9. The van der Waals surface area contributed by atoms with Crippen LogP contribution in [0.3, 0.4) is 0 Å². The summed E-state index contributed by atoms with van der Waals surface area (Å²) in [6.45, 7) is 4.08. The van der Waals surface area contributed by atoms with Crippen molar-refractivity contribution in [3.8, 4) is 0 Å². The van der Waals surface area contributed by atoms with E-state index in [-0.39, 0.29) is 30.7 Å². The molecule has 2 atom stereocenters. The Balaban J connectivity index is 2.09. The van der Waals surface area contributed by atoms with Crippen molar-refractivity contribution < 1.29 is 23.9 Å². The molecule has 1 aromatic carbocycles. The Hall–Kier alpha value is -2.44. The summed E-state index contributed by atoms with van der Waals surface area (Å²) >= 11 is 0. The SMILES string of the molecule is CC(C)N1CC(C(=O)NC(CC(=O)O)c2ccc(F)cc2)CC1=O. The monoisotopic (exact) mass is 336 g/mol.